The highest BCUT2D eigenvalue weighted by Gasteiger charge is 2.35. The fourth-order valence-electron chi connectivity index (χ4n) is 3.85. The summed E-state index contributed by atoms with van der Waals surface area (Å²) >= 11 is 0. The summed E-state index contributed by atoms with van der Waals surface area (Å²) in [6.45, 7) is 0. The molecule has 2 aliphatic carbocycles. The van der Waals surface area contributed by atoms with Crippen molar-refractivity contribution in [1.82, 2.24) is 0 Å². The zero-order valence-electron chi connectivity index (χ0n) is 12.1. The van der Waals surface area contributed by atoms with Crippen molar-refractivity contribution in [2.45, 2.75) is 63.2 Å². The van der Waals surface area contributed by atoms with E-state index < -0.39 is 5.97 Å². The highest BCUT2D eigenvalue weighted by Crippen LogP contribution is 2.47. The summed E-state index contributed by atoms with van der Waals surface area (Å²) in [7, 11) is 0. The third kappa shape index (κ3) is 3.05. The van der Waals surface area contributed by atoms with Crippen molar-refractivity contribution in [3.63, 3.8) is 0 Å². The molecule has 2 heteroatoms. The Hall–Kier alpha value is -1.31. The van der Waals surface area contributed by atoms with E-state index in [1.165, 1.54) is 56.1 Å². The lowest BCUT2D eigenvalue weighted by Crippen LogP contribution is -2.14. The molecule has 1 aromatic rings. The van der Waals surface area contributed by atoms with Crippen LogP contribution in [0.15, 0.2) is 24.3 Å². The SMILES string of the molecule is O=C(O)CC(c1ccccc1C1CCCCC1)C1CC1. The maximum Gasteiger partial charge on any atom is 0.303 e. The number of hydrogen-bond acceptors (Lipinski definition) is 1. The van der Waals surface area contributed by atoms with Crippen molar-refractivity contribution in [3.05, 3.63) is 35.4 Å². The second-order valence-electron chi connectivity index (χ2n) is 6.51. The van der Waals surface area contributed by atoms with Crippen molar-refractivity contribution in [2.24, 2.45) is 5.92 Å². The average molecular weight is 272 g/mol. The summed E-state index contributed by atoms with van der Waals surface area (Å²) in [5.74, 6) is 0.858. The molecule has 0 aliphatic heterocycles. The molecular formula is C18H24O2. The van der Waals surface area contributed by atoms with Crippen LogP contribution in [0.2, 0.25) is 0 Å². The molecule has 0 spiro atoms. The zero-order valence-corrected chi connectivity index (χ0v) is 12.1. The van der Waals surface area contributed by atoms with Gasteiger partial charge in [0, 0.05) is 0 Å². The van der Waals surface area contributed by atoms with Gasteiger partial charge in [-0.2, -0.15) is 0 Å². The van der Waals surface area contributed by atoms with Crippen molar-refractivity contribution in [2.75, 3.05) is 0 Å². The lowest BCUT2D eigenvalue weighted by Gasteiger charge is -2.27. The van der Waals surface area contributed by atoms with E-state index in [4.69, 9.17) is 0 Å². The normalized spacial score (nSPS) is 21.6. The van der Waals surface area contributed by atoms with Crippen LogP contribution >= 0.6 is 0 Å². The number of aliphatic carboxylic acids is 1. The van der Waals surface area contributed by atoms with Gasteiger partial charge in [-0.25, -0.2) is 0 Å². The molecule has 0 amide bonds. The van der Waals surface area contributed by atoms with E-state index in [0.29, 0.717) is 18.3 Å². The molecule has 108 valence electrons. The first-order valence-electron chi connectivity index (χ1n) is 8.06. The van der Waals surface area contributed by atoms with Crippen LogP contribution < -0.4 is 0 Å². The van der Waals surface area contributed by atoms with E-state index in [9.17, 15) is 9.90 Å². The fourth-order valence-corrected chi connectivity index (χ4v) is 3.85. The van der Waals surface area contributed by atoms with Crippen LogP contribution in [0.3, 0.4) is 0 Å². The lowest BCUT2D eigenvalue weighted by molar-refractivity contribution is -0.137. The number of carboxylic acid groups (broad SMARTS) is 1. The third-order valence-electron chi connectivity index (χ3n) is 5.03. The van der Waals surface area contributed by atoms with Gasteiger partial charge in [0.15, 0.2) is 0 Å². The van der Waals surface area contributed by atoms with Crippen LogP contribution in [0.5, 0.6) is 0 Å². The smallest absolute Gasteiger partial charge is 0.303 e. The summed E-state index contributed by atoms with van der Waals surface area (Å²) in [4.78, 5) is 11.2. The maximum atomic E-state index is 11.2. The van der Waals surface area contributed by atoms with Crippen LogP contribution in [-0.4, -0.2) is 11.1 Å². The standard InChI is InChI=1S/C18H24O2/c19-18(20)12-17(14-10-11-14)16-9-5-4-8-15(16)13-6-2-1-3-7-13/h4-5,8-9,13-14,17H,1-3,6-7,10-12H2,(H,19,20). The first-order chi connectivity index (χ1) is 9.75. The number of benzene rings is 1. The Kier molecular flexibility index (Phi) is 4.09. The van der Waals surface area contributed by atoms with Gasteiger partial charge >= 0.3 is 5.97 Å². The Bertz CT molecular complexity index is 470. The van der Waals surface area contributed by atoms with Crippen molar-refractivity contribution in [3.8, 4) is 0 Å². The second-order valence-corrected chi connectivity index (χ2v) is 6.51. The Morgan fingerprint density at radius 2 is 1.80 bits per heavy atom. The molecule has 1 atom stereocenters. The molecule has 2 fully saturated rings. The lowest BCUT2D eigenvalue weighted by atomic mass is 9.78. The predicted octanol–water partition coefficient (Wildman–Crippen LogP) is 4.70. The molecule has 2 saturated carbocycles. The van der Waals surface area contributed by atoms with E-state index in [1.54, 1.807) is 0 Å². The predicted molar refractivity (Wildman–Crippen MR) is 80.0 cm³/mol. The molecule has 0 saturated heterocycles. The molecule has 0 bridgehead atoms. The van der Waals surface area contributed by atoms with E-state index in [2.05, 4.69) is 24.3 Å². The first kappa shape index (κ1) is 13.7. The van der Waals surface area contributed by atoms with E-state index in [1.807, 2.05) is 0 Å². The molecule has 0 radical (unpaired) electrons. The van der Waals surface area contributed by atoms with Crippen LogP contribution in [0, 0.1) is 5.92 Å². The topological polar surface area (TPSA) is 37.3 Å². The highest BCUT2D eigenvalue weighted by atomic mass is 16.4. The summed E-state index contributed by atoms with van der Waals surface area (Å²) in [5.41, 5.74) is 2.79. The minimum Gasteiger partial charge on any atom is -0.481 e. The summed E-state index contributed by atoms with van der Waals surface area (Å²) < 4.78 is 0. The monoisotopic (exact) mass is 272 g/mol. The minimum atomic E-state index is -0.652. The number of rotatable bonds is 5. The van der Waals surface area contributed by atoms with Crippen molar-refractivity contribution < 1.29 is 9.90 Å². The second kappa shape index (κ2) is 5.99. The molecule has 1 unspecified atom stereocenters. The molecule has 3 rings (SSSR count). The quantitative estimate of drug-likeness (QED) is 0.843. The van der Waals surface area contributed by atoms with E-state index >= 15 is 0 Å². The molecule has 1 aromatic carbocycles. The third-order valence-corrected chi connectivity index (χ3v) is 5.03. The Morgan fingerprint density at radius 1 is 1.10 bits per heavy atom. The van der Waals surface area contributed by atoms with Gasteiger partial charge in [-0.15, -0.1) is 0 Å². The molecular weight excluding hydrogens is 248 g/mol. The van der Waals surface area contributed by atoms with Gasteiger partial charge in [-0.05, 0) is 54.6 Å². The number of carbonyl (C=O) groups is 1. The fraction of sp³-hybridized carbons (Fsp3) is 0.611. The van der Waals surface area contributed by atoms with Gasteiger partial charge < -0.3 is 5.11 Å². The molecule has 20 heavy (non-hydrogen) atoms. The van der Waals surface area contributed by atoms with Gasteiger partial charge in [0.2, 0.25) is 0 Å². The summed E-state index contributed by atoms with van der Waals surface area (Å²) in [6, 6.07) is 8.65. The van der Waals surface area contributed by atoms with Gasteiger partial charge in [0.25, 0.3) is 0 Å². The van der Waals surface area contributed by atoms with Gasteiger partial charge in [-0.1, -0.05) is 43.5 Å². The van der Waals surface area contributed by atoms with Crippen molar-refractivity contribution in [1.29, 1.82) is 0 Å². The summed E-state index contributed by atoms with van der Waals surface area (Å²) in [5, 5.41) is 9.22. The van der Waals surface area contributed by atoms with Crippen LogP contribution in [0.1, 0.15) is 74.3 Å². The zero-order chi connectivity index (χ0) is 13.9. The van der Waals surface area contributed by atoms with E-state index in [0.717, 1.165) is 0 Å². The molecule has 1 N–H and O–H groups in total. The Morgan fingerprint density at radius 3 is 2.45 bits per heavy atom. The average Bonchev–Trinajstić information content (AvgIpc) is 3.30. The minimum absolute atomic E-state index is 0.241. The van der Waals surface area contributed by atoms with Gasteiger partial charge in [0.1, 0.15) is 0 Å². The van der Waals surface area contributed by atoms with Crippen molar-refractivity contribution >= 4 is 5.97 Å². The van der Waals surface area contributed by atoms with E-state index in [-0.39, 0.29) is 5.92 Å². The molecule has 2 nitrogen and oxygen atoms in total. The largest absolute Gasteiger partial charge is 0.481 e. The highest BCUT2D eigenvalue weighted by molar-refractivity contribution is 5.68. The molecule has 2 aliphatic rings. The number of carboxylic acids is 1. The molecule has 0 heterocycles. The van der Waals surface area contributed by atoms with Crippen LogP contribution in [-0.2, 0) is 4.79 Å². The Labute approximate surface area is 121 Å². The maximum absolute atomic E-state index is 11.2. The first-order valence-corrected chi connectivity index (χ1v) is 8.06. The van der Waals surface area contributed by atoms with Gasteiger partial charge in [-0.3, -0.25) is 4.79 Å². The van der Waals surface area contributed by atoms with Gasteiger partial charge in [0.05, 0.1) is 6.42 Å². The number of hydrogen-bond donors (Lipinski definition) is 1. The summed E-state index contributed by atoms with van der Waals surface area (Å²) in [6.07, 6.45) is 9.28. The van der Waals surface area contributed by atoms with Crippen LogP contribution in [0.4, 0.5) is 0 Å². The molecule has 0 aromatic heterocycles. The Balaban J connectivity index is 1.88. The van der Waals surface area contributed by atoms with Crippen LogP contribution in [0.25, 0.3) is 0 Å².